The number of aromatic nitrogens is 1. The molecule has 0 bridgehead atoms. The van der Waals surface area contributed by atoms with E-state index in [0.717, 1.165) is 0 Å². The van der Waals surface area contributed by atoms with Crippen molar-refractivity contribution >= 4 is 17.8 Å². The summed E-state index contributed by atoms with van der Waals surface area (Å²) in [7, 11) is 5.05. The highest BCUT2D eigenvalue weighted by atomic mass is 16.5. The van der Waals surface area contributed by atoms with Gasteiger partial charge in [-0.25, -0.2) is 9.78 Å². The van der Waals surface area contributed by atoms with Crippen LogP contribution in [0.15, 0.2) is 18.3 Å². The number of aliphatic carboxylic acids is 1. The molecule has 0 radical (unpaired) electrons. The summed E-state index contributed by atoms with van der Waals surface area (Å²) in [5.74, 6) is -1.19. The van der Waals surface area contributed by atoms with Gasteiger partial charge in [0.2, 0.25) is 0 Å². The van der Waals surface area contributed by atoms with Gasteiger partial charge < -0.3 is 19.6 Å². The van der Waals surface area contributed by atoms with E-state index in [2.05, 4.69) is 4.98 Å². The molecule has 110 valence electrons. The minimum Gasteiger partial charge on any atom is -0.480 e. The maximum atomic E-state index is 11.7. The number of anilines is 1. The average Bonchev–Trinajstić information content (AvgIpc) is 2.42. The largest absolute Gasteiger partial charge is 0.480 e. The van der Waals surface area contributed by atoms with Gasteiger partial charge in [0.05, 0.1) is 7.11 Å². The highest BCUT2D eigenvalue weighted by Crippen LogP contribution is 2.17. The topological polar surface area (TPSA) is 83.0 Å². The van der Waals surface area contributed by atoms with E-state index in [4.69, 9.17) is 9.84 Å². The number of methoxy groups -OCH3 is 1. The summed E-state index contributed by atoms with van der Waals surface area (Å²) < 4.78 is 4.69. The van der Waals surface area contributed by atoms with E-state index < -0.39 is 11.9 Å². The molecule has 0 unspecified atom stereocenters. The van der Waals surface area contributed by atoms with Crippen LogP contribution in [0.2, 0.25) is 0 Å². The van der Waals surface area contributed by atoms with Crippen molar-refractivity contribution in [3.8, 4) is 0 Å². The van der Waals surface area contributed by atoms with Crippen molar-refractivity contribution < 1.29 is 19.4 Å². The third-order valence-corrected chi connectivity index (χ3v) is 2.63. The third kappa shape index (κ3) is 4.51. The fourth-order valence-corrected chi connectivity index (χ4v) is 1.66. The summed E-state index contributed by atoms with van der Waals surface area (Å²) in [4.78, 5) is 30.3. The number of nitrogens with zero attached hydrogens (tertiary/aromatic N) is 3. The summed E-state index contributed by atoms with van der Waals surface area (Å²) in [5, 5.41) is 9.00. The van der Waals surface area contributed by atoms with E-state index in [-0.39, 0.29) is 12.1 Å². The van der Waals surface area contributed by atoms with Crippen molar-refractivity contribution in [3.63, 3.8) is 0 Å². The number of hydrogen-bond acceptors (Lipinski definition) is 6. The molecule has 7 heteroatoms. The Hall–Kier alpha value is -2.15. The molecule has 0 spiro atoms. The Balaban J connectivity index is 3.05. The summed E-state index contributed by atoms with van der Waals surface area (Å²) >= 11 is 0. The predicted octanol–water partition coefficient (Wildman–Crippen LogP) is 0.321. The van der Waals surface area contributed by atoms with Gasteiger partial charge in [-0.3, -0.25) is 4.79 Å². The molecule has 0 saturated heterocycles. The van der Waals surface area contributed by atoms with E-state index >= 15 is 0 Å². The number of carboxylic acid groups (broad SMARTS) is 1. The molecule has 0 aromatic carbocycles. The number of carboxylic acids is 1. The van der Waals surface area contributed by atoms with Gasteiger partial charge in [0.15, 0.2) is 0 Å². The molecular weight excluding hydrogens is 262 g/mol. The molecule has 0 saturated carbocycles. The number of likely N-dealkylation sites (N-methyl/N-ethyl adjacent to an activating group) is 1. The Labute approximate surface area is 117 Å². The van der Waals surface area contributed by atoms with Crippen molar-refractivity contribution in [1.29, 1.82) is 0 Å². The molecule has 1 N–H and O–H groups in total. The number of carbonyl (C=O) groups excluding carboxylic acids is 1. The highest BCUT2D eigenvalue weighted by molar-refractivity contribution is 5.95. The smallest absolute Gasteiger partial charge is 0.341 e. The lowest BCUT2D eigenvalue weighted by Crippen LogP contribution is -2.37. The zero-order valence-electron chi connectivity index (χ0n) is 11.9. The summed E-state index contributed by atoms with van der Waals surface area (Å²) in [6, 6.07) is 3.18. The molecule has 0 atom stereocenters. The zero-order valence-corrected chi connectivity index (χ0v) is 11.9. The molecule has 7 nitrogen and oxygen atoms in total. The quantitative estimate of drug-likeness (QED) is 0.721. The van der Waals surface area contributed by atoms with Crippen LogP contribution in [0.4, 0.5) is 5.82 Å². The Bertz CT molecular complexity index is 476. The highest BCUT2D eigenvalue weighted by Gasteiger charge is 2.20. The van der Waals surface area contributed by atoms with Crippen molar-refractivity contribution in [2.24, 2.45) is 0 Å². The summed E-state index contributed by atoms with van der Waals surface area (Å²) in [6.07, 6.45) is 1.52. The van der Waals surface area contributed by atoms with Gasteiger partial charge >= 0.3 is 11.9 Å². The van der Waals surface area contributed by atoms with Crippen LogP contribution in [0.1, 0.15) is 10.4 Å². The second kappa shape index (κ2) is 7.44. The van der Waals surface area contributed by atoms with Gasteiger partial charge in [-0.15, -0.1) is 0 Å². The van der Waals surface area contributed by atoms with Crippen LogP contribution in [0.3, 0.4) is 0 Å². The Kier molecular flexibility index (Phi) is 5.92. The second-order valence-corrected chi connectivity index (χ2v) is 4.48. The van der Waals surface area contributed by atoms with Crippen LogP contribution < -0.4 is 4.90 Å². The molecule has 1 aromatic heterocycles. The monoisotopic (exact) mass is 281 g/mol. The number of rotatable bonds is 7. The van der Waals surface area contributed by atoms with Crippen LogP contribution in [-0.2, 0) is 9.53 Å². The first-order valence-corrected chi connectivity index (χ1v) is 6.10. The van der Waals surface area contributed by atoms with Crippen molar-refractivity contribution in [3.05, 3.63) is 23.9 Å². The molecule has 1 aromatic rings. The lowest BCUT2D eigenvalue weighted by Gasteiger charge is -2.24. The maximum absolute atomic E-state index is 11.7. The lowest BCUT2D eigenvalue weighted by molar-refractivity contribution is -0.135. The van der Waals surface area contributed by atoms with E-state index in [0.29, 0.717) is 18.9 Å². The standard InChI is InChI=1S/C13H19N3O4/c1-15(2)7-8-16(9-11(17)18)12-10(13(19)20-3)5-4-6-14-12/h4-6H,7-9H2,1-3H3,(H,17,18). The number of hydrogen-bond donors (Lipinski definition) is 1. The number of carbonyl (C=O) groups is 2. The first-order valence-electron chi connectivity index (χ1n) is 6.10. The SMILES string of the molecule is COC(=O)c1cccnc1N(CCN(C)C)CC(=O)O. The second-order valence-electron chi connectivity index (χ2n) is 4.48. The van der Waals surface area contributed by atoms with Crippen LogP contribution in [0.25, 0.3) is 0 Å². The van der Waals surface area contributed by atoms with Crippen LogP contribution in [0.5, 0.6) is 0 Å². The van der Waals surface area contributed by atoms with Gasteiger partial charge in [-0.1, -0.05) is 0 Å². The number of ether oxygens (including phenoxy) is 1. The van der Waals surface area contributed by atoms with Crippen LogP contribution >= 0.6 is 0 Å². The maximum Gasteiger partial charge on any atom is 0.341 e. The third-order valence-electron chi connectivity index (χ3n) is 2.63. The fourth-order valence-electron chi connectivity index (χ4n) is 1.66. The van der Waals surface area contributed by atoms with Gasteiger partial charge in [0.25, 0.3) is 0 Å². The van der Waals surface area contributed by atoms with Gasteiger partial charge in [-0.2, -0.15) is 0 Å². The van der Waals surface area contributed by atoms with E-state index in [1.54, 1.807) is 17.0 Å². The number of esters is 1. The average molecular weight is 281 g/mol. The Morgan fingerprint density at radius 3 is 2.60 bits per heavy atom. The Morgan fingerprint density at radius 1 is 1.35 bits per heavy atom. The van der Waals surface area contributed by atoms with Crippen LogP contribution in [0, 0.1) is 0 Å². The van der Waals surface area contributed by atoms with E-state index in [9.17, 15) is 9.59 Å². The van der Waals surface area contributed by atoms with Crippen molar-refractivity contribution in [1.82, 2.24) is 9.88 Å². The molecule has 0 aliphatic rings. The fraction of sp³-hybridized carbons (Fsp3) is 0.462. The lowest BCUT2D eigenvalue weighted by atomic mass is 10.2. The van der Waals surface area contributed by atoms with Gasteiger partial charge in [0, 0.05) is 19.3 Å². The molecule has 0 aliphatic heterocycles. The predicted molar refractivity (Wildman–Crippen MR) is 74.0 cm³/mol. The molecule has 20 heavy (non-hydrogen) atoms. The molecule has 0 amide bonds. The molecule has 1 rings (SSSR count). The van der Waals surface area contributed by atoms with Crippen molar-refractivity contribution in [2.75, 3.05) is 45.7 Å². The molecule has 0 aliphatic carbocycles. The van der Waals surface area contributed by atoms with Crippen LogP contribution in [-0.4, -0.2) is 67.8 Å². The van der Waals surface area contributed by atoms with Gasteiger partial charge in [-0.05, 0) is 26.2 Å². The zero-order chi connectivity index (χ0) is 15.1. The summed E-state index contributed by atoms with van der Waals surface area (Å²) in [5.41, 5.74) is 0.259. The Morgan fingerprint density at radius 2 is 2.05 bits per heavy atom. The van der Waals surface area contributed by atoms with Crippen molar-refractivity contribution in [2.45, 2.75) is 0 Å². The number of pyridine rings is 1. The minimum absolute atomic E-state index is 0.227. The first kappa shape index (κ1) is 15.9. The van der Waals surface area contributed by atoms with Gasteiger partial charge in [0.1, 0.15) is 17.9 Å². The molecule has 0 fully saturated rings. The molecular formula is C13H19N3O4. The molecule has 1 heterocycles. The minimum atomic E-state index is -0.981. The first-order chi connectivity index (χ1) is 9.45. The summed E-state index contributed by atoms with van der Waals surface area (Å²) in [6.45, 7) is 0.861. The van der Waals surface area contributed by atoms with E-state index in [1.165, 1.54) is 13.3 Å². The normalized spacial score (nSPS) is 10.4. The van der Waals surface area contributed by atoms with E-state index in [1.807, 2.05) is 19.0 Å².